The summed E-state index contributed by atoms with van der Waals surface area (Å²) in [6.45, 7) is 0. The predicted octanol–water partition coefficient (Wildman–Crippen LogP) is 2.01. The molecule has 0 spiro atoms. The fraction of sp³-hybridized carbons (Fsp3) is 0.333. The van der Waals surface area contributed by atoms with Crippen molar-refractivity contribution in [2.45, 2.75) is 18.3 Å². The Balaban J connectivity index is 2.25. The fourth-order valence-corrected chi connectivity index (χ4v) is 1.85. The summed E-state index contributed by atoms with van der Waals surface area (Å²) < 4.78 is 61.4. The van der Waals surface area contributed by atoms with Gasteiger partial charge in [-0.3, -0.25) is 0 Å². The summed E-state index contributed by atoms with van der Waals surface area (Å²) in [6, 6.07) is 4.11. The van der Waals surface area contributed by atoms with Crippen molar-refractivity contribution in [1.29, 1.82) is 0 Å². The lowest BCUT2D eigenvalue weighted by Gasteiger charge is -2.19. The summed E-state index contributed by atoms with van der Waals surface area (Å²) in [5, 5.41) is 0. The average Bonchev–Trinajstić information content (AvgIpc) is 2.07. The van der Waals surface area contributed by atoms with E-state index in [0.717, 1.165) is 24.0 Å². The summed E-state index contributed by atoms with van der Waals surface area (Å²) in [5.41, 5.74) is -3.55. The number of aryl methyl sites for hydroxylation is 2. The van der Waals surface area contributed by atoms with E-state index in [-0.39, 0.29) is 5.75 Å². The molecule has 0 radical (unpaired) electrons. The zero-order valence-corrected chi connectivity index (χ0v) is 8.73. The first-order valence-corrected chi connectivity index (χ1v) is 5.83. The van der Waals surface area contributed by atoms with Gasteiger partial charge in [0, 0.05) is 0 Å². The highest BCUT2D eigenvalue weighted by atomic mass is 32.2. The first kappa shape index (κ1) is 11.3. The SMILES string of the molecule is O=S(=O)(Oc1ccc2c(c1)CC2)C(F)(F)F. The van der Waals surface area contributed by atoms with Crippen LogP contribution >= 0.6 is 0 Å². The van der Waals surface area contributed by atoms with Gasteiger partial charge in [0.05, 0.1) is 0 Å². The van der Waals surface area contributed by atoms with Crippen LogP contribution in [0.25, 0.3) is 0 Å². The molecule has 1 aliphatic rings. The minimum Gasteiger partial charge on any atom is -0.376 e. The molecule has 0 bridgehead atoms. The van der Waals surface area contributed by atoms with Crippen LogP contribution in [0.3, 0.4) is 0 Å². The summed E-state index contributed by atoms with van der Waals surface area (Å²) in [6.07, 6.45) is 1.60. The minimum atomic E-state index is -5.56. The summed E-state index contributed by atoms with van der Waals surface area (Å²) in [4.78, 5) is 0. The monoisotopic (exact) mass is 252 g/mol. The molecular formula is C9H7F3O3S. The summed E-state index contributed by atoms with van der Waals surface area (Å²) in [5.74, 6) is -0.296. The Labute approximate surface area is 90.0 Å². The lowest BCUT2D eigenvalue weighted by atomic mass is 9.89. The van der Waals surface area contributed by atoms with E-state index >= 15 is 0 Å². The fourth-order valence-electron chi connectivity index (χ4n) is 1.40. The lowest BCUT2D eigenvalue weighted by Crippen LogP contribution is -2.28. The number of rotatable bonds is 2. The number of benzene rings is 1. The third kappa shape index (κ3) is 1.87. The van der Waals surface area contributed by atoms with E-state index in [1.807, 2.05) is 0 Å². The van der Waals surface area contributed by atoms with E-state index in [9.17, 15) is 21.6 Å². The van der Waals surface area contributed by atoms with Crippen molar-refractivity contribution in [2.75, 3.05) is 0 Å². The molecule has 88 valence electrons. The summed E-state index contributed by atoms with van der Waals surface area (Å²) in [7, 11) is -5.56. The molecule has 0 saturated heterocycles. The largest absolute Gasteiger partial charge is 0.534 e. The standard InChI is InChI=1S/C9H7F3O3S/c10-9(11,12)16(13,14)15-8-4-3-6-1-2-7(6)5-8/h3-5H,1-2H2. The van der Waals surface area contributed by atoms with E-state index in [1.54, 1.807) is 6.07 Å². The maximum Gasteiger partial charge on any atom is 0.534 e. The third-order valence-corrected chi connectivity index (χ3v) is 3.31. The van der Waals surface area contributed by atoms with Crippen molar-refractivity contribution in [3.8, 4) is 5.75 Å². The zero-order chi connectivity index (χ0) is 12.0. The number of halogens is 3. The molecule has 1 aliphatic carbocycles. The molecule has 1 aromatic carbocycles. The van der Waals surface area contributed by atoms with Crippen molar-refractivity contribution >= 4 is 10.1 Å². The highest BCUT2D eigenvalue weighted by Crippen LogP contribution is 2.31. The first-order valence-electron chi connectivity index (χ1n) is 4.42. The van der Waals surface area contributed by atoms with Crippen molar-refractivity contribution in [2.24, 2.45) is 0 Å². The quantitative estimate of drug-likeness (QED) is 0.597. The van der Waals surface area contributed by atoms with Gasteiger partial charge in [0.1, 0.15) is 5.75 Å². The van der Waals surface area contributed by atoms with Crippen LogP contribution in [0.4, 0.5) is 13.2 Å². The normalized spacial score (nSPS) is 15.2. The van der Waals surface area contributed by atoms with Crippen molar-refractivity contribution in [3.63, 3.8) is 0 Å². The van der Waals surface area contributed by atoms with E-state index in [0.29, 0.717) is 0 Å². The molecule has 0 heterocycles. The van der Waals surface area contributed by atoms with Gasteiger partial charge in [-0.25, -0.2) is 0 Å². The number of alkyl halides is 3. The highest BCUT2D eigenvalue weighted by molar-refractivity contribution is 7.87. The topological polar surface area (TPSA) is 43.4 Å². The maximum absolute atomic E-state index is 12.0. The van der Waals surface area contributed by atoms with Crippen LogP contribution in [-0.2, 0) is 23.0 Å². The molecule has 0 saturated carbocycles. The molecule has 0 fully saturated rings. The van der Waals surface area contributed by atoms with Crippen LogP contribution in [0, 0.1) is 0 Å². The second-order valence-corrected chi connectivity index (χ2v) is 4.95. The number of fused-ring (bicyclic) bond motifs is 1. The van der Waals surface area contributed by atoms with Gasteiger partial charge in [0.2, 0.25) is 0 Å². The Hall–Kier alpha value is -1.24. The molecule has 0 aromatic heterocycles. The van der Waals surface area contributed by atoms with Gasteiger partial charge in [-0.05, 0) is 36.1 Å². The van der Waals surface area contributed by atoms with E-state index in [2.05, 4.69) is 4.18 Å². The Kier molecular flexibility index (Phi) is 2.37. The summed E-state index contributed by atoms with van der Waals surface area (Å²) >= 11 is 0. The molecule has 3 nitrogen and oxygen atoms in total. The molecule has 7 heteroatoms. The molecule has 16 heavy (non-hydrogen) atoms. The molecule has 0 amide bonds. The third-order valence-electron chi connectivity index (χ3n) is 2.33. The van der Waals surface area contributed by atoms with Crippen LogP contribution in [-0.4, -0.2) is 13.9 Å². The highest BCUT2D eigenvalue weighted by Gasteiger charge is 2.48. The molecule has 1 aromatic rings. The van der Waals surface area contributed by atoms with Crippen LogP contribution in [0.1, 0.15) is 11.1 Å². The molecule has 0 N–H and O–H groups in total. The second-order valence-electron chi connectivity index (χ2n) is 3.41. The van der Waals surface area contributed by atoms with Crippen LogP contribution in [0.15, 0.2) is 18.2 Å². The van der Waals surface area contributed by atoms with Crippen LogP contribution in [0.5, 0.6) is 5.75 Å². The second kappa shape index (κ2) is 3.38. The smallest absolute Gasteiger partial charge is 0.376 e. The lowest BCUT2D eigenvalue weighted by molar-refractivity contribution is -0.0500. The first-order chi connectivity index (χ1) is 7.29. The molecule has 0 aliphatic heterocycles. The minimum absolute atomic E-state index is 0.296. The predicted molar refractivity (Wildman–Crippen MR) is 49.5 cm³/mol. The molecular weight excluding hydrogens is 245 g/mol. The molecule has 2 rings (SSSR count). The Morgan fingerprint density at radius 2 is 1.75 bits per heavy atom. The Morgan fingerprint density at radius 1 is 1.12 bits per heavy atom. The van der Waals surface area contributed by atoms with Crippen LogP contribution in [0.2, 0.25) is 0 Å². The zero-order valence-electron chi connectivity index (χ0n) is 7.91. The molecule has 0 atom stereocenters. The molecule has 0 unspecified atom stereocenters. The van der Waals surface area contributed by atoms with Gasteiger partial charge in [0.15, 0.2) is 0 Å². The van der Waals surface area contributed by atoms with E-state index in [4.69, 9.17) is 0 Å². The van der Waals surface area contributed by atoms with Gasteiger partial charge in [-0.2, -0.15) is 21.6 Å². The van der Waals surface area contributed by atoms with E-state index in [1.165, 1.54) is 12.1 Å². The van der Waals surface area contributed by atoms with Gasteiger partial charge in [-0.15, -0.1) is 0 Å². The number of hydrogen-bond acceptors (Lipinski definition) is 3. The maximum atomic E-state index is 12.0. The van der Waals surface area contributed by atoms with Gasteiger partial charge < -0.3 is 4.18 Å². The Bertz CT molecular complexity index is 519. The van der Waals surface area contributed by atoms with Gasteiger partial charge >= 0.3 is 15.6 Å². The average molecular weight is 252 g/mol. The number of hydrogen-bond donors (Lipinski definition) is 0. The van der Waals surface area contributed by atoms with Gasteiger partial charge in [0.25, 0.3) is 0 Å². The van der Waals surface area contributed by atoms with Crippen molar-refractivity contribution in [1.82, 2.24) is 0 Å². The van der Waals surface area contributed by atoms with Crippen LogP contribution < -0.4 is 4.18 Å². The van der Waals surface area contributed by atoms with Gasteiger partial charge in [-0.1, -0.05) is 6.07 Å². The van der Waals surface area contributed by atoms with Crippen molar-refractivity contribution < 1.29 is 25.8 Å². The van der Waals surface area contributed by atoms with Crippen molar-refractivity contribution in [3.05, 3.63) is 29.3 Å². The van der Waals surface area contributed by atoms with E-state index < -0.39 is 15.6 Å². The Morgan fingerprint density at radius 3 is 2.19 bits per heavy atom.